The molecule has 0 aliphatic rings. The van der Waals surface area contributed by atoms with Crippen molar-refractivity contribution in [3.05, 3.63) is 41.3 Å². The van der Waals surface area contributed by atoms with Crippen molar-refractivity contribution in [2.75, 3.05) is 26.7 Å². The highest BCUT2D eigenvalue weighted by atomic mass is 32.2. The second-order valence-electron chi connectivity index (χ2n) is 4.58. The Morgan fingerprint density at radius 2 is 1.71 bits per heavy atom. The van der Waals surface area contributed by atoms with Gasteiger partial charge in [-0.05, 0) is 25.5 Å². The van der Waals surface area contributed by atoms with Gasteiger partial charge in [-0.25, -0.2) is 8.42 Å². The Kier molecular flexibility index (Phi) is 6.58. The maximum Gasteiger partial charge on any atom is 0.237 e. The van der Waals surface area contributed by atoms with Crippen LogP contribution in [0.15, 0.2) is 35.7 Å². The van der Waals surface area contributed by atoms with Crippen molar-refractivity contribution in [1.82, 2.24) is 9.21 Å². The van der Waals surface area contributed by atoms with Crippen LogP contribution in [0.25, 0.3) is 6.08 Å². The number of hydrogen-bond donors (Lipinski definition) is 0. The van der Waals surface area contributed by atoms with Crippen molar-refractivity contribution in [2.24, 2.45) is 0 Å². The molecule has 6 heteroatoms. The Balaban J connectivity index is 2.74. The van der Waals surface area contributed by atoms with Gasteiger partial charge in [0.1, 0.15) is 0 Å². The Bertz CT molecular complexity index is 578. The van der Waals surface area contributed by atoms with Crippen molar-refractivity contribution in [2.45, 2.75) is 13.8 Å². The van der Waals surface area contributed by atoms with Crippen molar-refractivity contribution in [3.8, 4) is 0 Å². The minimum atomic E-state index is -3.60. The lowest BCUT2D eigenvalue weighted by atomic mass is 10.2. The third-order valence-corrected chi connectivity index (χ3v) is 4.62. The van der Waals surface area contributed by atoms with Gasteiger partial charge >= 0.3 is 0 Å². The Labute approximate surface area is 126 Å². The zero-order valence-electron chi connectivity index (χ0n) is 12.7. The summed E-state index contributed by atoms with van der Waals surface area (Å²) in [6.45, 7) is 4.73. The van der Waals surface area contributed by atoms with Crippen LogP contribution in [-0.4, -0.2) is 50.2 Å². The van der Waals surface area contributed by atoms with E-state index in [-0.39, 0.29) is 12.5 Å². The third kappa shape index (κ3) is 5.32. The van der Waals surface area contributed by atoms with Gasteiger partial charge in [0.15, 0.2) is 0 Å². The molecule has 0 spiro atoms. The van der Waals surface area contributed by atoms with E-state index in [1.165, 1.54) is 13.1 Å². The number of hydrogen-bond acceptors (Lipinski definition) is 3. The number of carbonyl (C=O) groups is 1. The van der Waals surface area contributed by atoms with E-state index in [0.717, 1.165) is 15.3 Å². The summed E-state index contributed by atoms with van der Waals surface area (Å²) in [6.07, 6.45) is 1.52. The monoisotopic (exact) mass is 310 g/mol. The van der Waals surface area contributed by atoms with E-state index in [9.17, 15) is 13.2 Å². The fourth-order valence-corrected chi connectivity index (χ4v) is 2.62. The molecular weight excluding hydrogens is 288 g/mol. The molecule has 0 bridgehead atoms. The van der Waals surface area contributed by atoms with Crippen LogP contribution in [-0.2, 0) is 14.8 Å². The minimum Gasteiger partial charge on any atom is -0.342 e. The van der Waals surface area contributed by atoms with E-state index >= 15 is 0 Å². The molecule has 0 aromatic heterocycles. The maximum absolute atomic E-state index is 12.1. The molecule has 0 N–H and O–H groups in total. The van der Waals surface area contributed by atoms with Gasteiger partial charge in [0.2, 0.25) is 15.9 Å². The topological polar surface area (TPSA) is 57.7 Å². The van der Waals surface area contributed by atoms with Gasteiger partial charge < -0.3 is 4.90 Å². The highest BCUT2D eigenvalue weighted by molar-refractivity contribution is 7.92. The predicted molar refractivity (Wildman–Crippen MR) is 85.0 cm³/mol. The highest BCUT2D eigenvalue weighted by Crippen LogP contribution is 2.07. The second-order valence-corrected chi connectivity index (χ2v) is 6.51. The van der Waals surface area contributed by atoms with E-state index in [4.69, 9.17) is 0 Å². The summed E-state index contributed by atoms with van der Waals surface area (Å²) in [6, 6.07) is 9.15. The quantitative estimate of drug-likeness (QED) is 0.771. The minimum absolute atomic E-state index is 0.150. The molecular formula is C15H22N2O3S. The third-order valence-electron chi connectivity index (χ3n) is 3.14. The molecule has 21 heavy (non-hydrogen) atoms. The van der Waals surface area contributed by atoms with Crippen LogP contribution in [0, 0.1) is 0 Å². The Hall–Kier alpha value is -1.66. The first-order valence-corrected chi connectivity index (χ1v) is 8.38. The molecule has 1 rings (SSSR count). The standard InChI is InChI=1S/C15H22N2O3S/c1-4-17(5-2)15(18)13-16(3)21(19,20)12-11-14-9-7-6-8-10-14/h6-12H,4-5,13H2,1-3H3/b12-11+. The molecule has 0 atom stereocenters. The first kappa shape index (κ1) is 17.4. The van der Waals surface area contributed by atoms with Crippen molar-refractivity contribution < 1.29 is 13.2 Å². The van der Waals surface area contributed by atoms with Gasteiger partial charge in [0.25, 0.3) is 0 Å². The molecule has 1 aromatic rings. The van der Waals surface area contributed by atoms with E-state index in [1.54, 1.807) is 4.90 Å². The lowest BCUT2D eigenvalue weighted by molar-refractivity contribution is -0.130. The molecule has 0 aliphatic heterocycles. The SMILES string of the molecule is CCN(CC)C(=O)CN(C)S(=O)(=O)/C=C/c1ccccc1. The van der Waals surface area contributed by atoms with Gasteiger partial charge in [-0.1, -0.05) is 30.3 Å². The molecule has 0 heterocycles. The number of nitrogens with zero attached hydrogens (tertiary/aromatic N) is 2. The number of carbonyl (C=O) groups excluding carboxylic acids is 1. The van der Waals surface area contributed by atoms with E-state index in [0.29, 0.717) is 13.1 Å². The maximum atomic E-state index is 12.1. The fourth-order valence-electron chi connectivity index (χ4n) is 1.79. The smallest absolute Gasteiger partial charge is 0.237 e. The molecule has 0 radical (unpaired) electrons. The summed E-state index contributed by atoms with van der Waals surface area (Å²) in [5.74, 6) is -0.195. The Morgan fingerprint density at radius 1 is 1.14 bits per heavy atom. The lowest BCUT2D eigenvalue weighted by Crippen LogP contribution is -2.40. The predicted octanol–water partition coefficient (Wildman–Crippen LogP) is 1.79. The van der Waals surface area contributed by atoms with Crippen molar-refractivity contribution >= 4 is 22.0 Å². The molecule has 0 aliphatic carbocycles. The molecule has 5 nitrogen and oxygen atoms in total. The number of benzene rings is 1. The molecule has 0 saturated heterocycles. The van der Waals surface area contributed by atoms with Crippen LogP contribution < -0.4 is 0 Å². The van der Waals surface area contributed by atoms with E-state index in [2.05, 4.69) is 0 Å². The van der Waals surface area contributed by atoms with Crippen molar-refractivity contribution in [1.29, 1.82) is 0 Å². The molecule has 0 saturated carbocycles. The molecule has 0 unspecified atom stereocenters. The van der Waals surface area contributed by atoms with Crippen LogP contribution in [0.4, 0.5) is 0 Å². The summed E-state index contributed by atoms with van der Waals surface area (Å²) in [7, 11) is -2.19. The molecule has 0 fully saturated rings. The van der Waals surface area contributed by atoms with Crippen LogP contribution >= 0.6 is 0 Å². The van der Waals surface area contributed by atoms with Crippen LogP contribution in [0.2, 0.25) is 0 Å². The number of rotatable bonds is 7. The summed E-state index contributed by atoms with van der Waals surface area (Å²) in [5.41, 5.74) is 0.796. The van der Waals surface area contributed by atoms with Gasteiger partial charge in [-0.15, -0.1) is 0 Å². The van der Waals surface area contributed by atoms with Gasteiger partial charge in [-0.3, -0.25) is 4.79 Å². The zero-order chi connectivity index (χ0) is 15.9. The molecule has 1 amide bonds. The van der Waals surface area contributed by atoms with Crippen molar-refractivity contribution in [3.63, 3.8) is 0 Å². The lowest BCUT2D eigenvalue weighted by Gasteiger charge is -2.22. The van der Waals surface area contributed by atoms with Gasteiger partial charge in [0, 0.05) is 25.5 Å². The fraction of sp³-hybridized carbons (Fsp3) is 0.400. The van der Waals surface area contributed by atoms with Crippen LogP contribution in [0.5, 0.6) is 0 Å². The van der Waals surface area contributed by atoms with Crippen LogP contribution in [0.1, 0.15) is 19.4 Å². The van der Waals surface area contributed by atoms with Crippen LogP contribution in [0.3, 0.4) is 0 Å². The first-order chi connectivity index (χ1) is 9.90. The largest absolute Gasteiger partial charge is 0.342 e. The summed E-state index contributed by atoms with van der Waals surface area (Å²) < 4.78 is 25.3. The van der Waals surface area contributed by atoms with E-state index in [1.807, 2.05) is 44.2 Å². The second kappa shape index (κ2) is 7.95. The number of amides is 1. The Morgan fingerprint density at radius 3 is 2.24 bits per heavy atom. The number of sulfonamides is 1. The van der Waals surface area contributed by atoms with Gasteiger partial charge in [0.05, 0.1) is 6.54 Å². The summed E-state index contributed by atoms with van der Waals surface area (Å²) in [5, 5.41) is 1.12. The summed E-state index contributed by atoms with van der Waals surface area (Å²) in [4.78, 5) is 13.5. The molecule has 1 aromatic carbocycles. The normalized spacial score (nSPS) is 12.0. The zero-order valence-corrected chi connectivity index (χ0v) is 13.5. The average molecular weight is 310 g/mol. The average Bonchev–Trinajstić information content (AvgIpc) is 2.47. The highest BCUT2D eigenvalue weighted by Gasteiger charge is 2.20. The summed E-state index contributed by atoms with van der Waals surface area (Å²) >= 11 is 0. The molecule has 116 valence electrons. The van der Waals surface area contributed by atoms with E-state index < -0.39 is 10.0 Å². The number of likely N-dealkylation sites (N-methyl/N-ethyl adjacent to an activating group) is 2. The first-order valence-electron chi connectivity index (χ1n) is 6.88. The van der Waals surface area contributed by atoms with Gasteiger partial charge in [-0.2, -0.15) is 4.31 Å².